The largest absolute Gasteiger partial charge is 0.445 e. The average molecular weight is 200 g/mol. The lowest BCUT2D eigenvalue weighted by atomic mass is 10.4. The van der Waals surface area contributed by atoms with Gasteiger partial charge in [0, 0.05) is 27.1 Å². The summed E-state index contributed by atoms with van der Waals surface area (Å²) in [5.41, 5.74) is 0. The summed E-state index contributed by atoms with van der Waals surface area (Å²) in [6, 6.07) is 0. The third-order valence-corrected chi connectivity index (χ3v) is 1.44. The molecule has 0 fully saturated rings. The van der Waals surface area contributed by atoms with Gasteiger partial charge in [-0.15, -0.1) is 0 Å². The van der Waals surface area contributed by atoms with Crippen LogP contribution in [0, 0.1) is 0 Å². The first-order valence-corrected chi connectivity index (χ1v) is 4.29. The molecule has 0 aromatic rings. The molecule has 0 radical (unpaired) electrons. The van der Waals surface area contributed by atoms with E-state index >= 15 is 0 Å². The Morgan fingerprint density at radius 1 is 1.50 bits per heavy atom. The zero-order chi connectivity index (χ0) is 11.0. The number of rotatable bonds is 5. The normalized spacial score (nSPS) is 9.00. The van der Waals surface area contributed by atoms with Crippen LogP contribution in [0.1, 0.15) is 6.42 Å². The molecule has 80 valence electrons. The fourth-order valence-electron chi connectivity index (χ4n) is 0.681. The lowest BCUT2D eigenvalue weighted by Crippen LogP contribution is -2.30. The lowest BCUT2D eigenvalue weighted by Gasteiger charge is -2.10. The van der Waals surface area contributed by atoms with Gasteiger partial charge >= 0.3 is 6.09 Å². The van der Waals surface area contributed by atoms with Crippen LogP contribution >= 0.6 is 0 Å². The van der Waals surface area contributed by atoms with E-state index in [0.29, 0.717) is 0 Å². The van der Waals surface area contributed by atoms with Crippen molar-refractivity contribution in [2.45, 2.75) is 6.42 Å². The highest BCUT2D eigenvalue weighted by Gasteiger charge is 2.05. The van der Waals surface area contributed by atoms with E-state index in [1.807, 2.05) is 0 Å². The smallest absolute Gasteiger partial charge is 0.407 e. The van der Waals surface area contributed by atoms with Gasteiger partial charge in [-0.3, -0.25) is 4.79 Å². The molecule has 0 aromatic carbocycles. The number of carbonyl (C=O) groups is 2. The van der Waals surface area contributed by atoms with Crippen molar-refractivity contribution in [3.63, 3.8) is 0 Å². The Balaban J connectivity index is 3.49. The predicted octanol–water partition coefficient (Wildman–Crippen LogP) is 0.377. The number of alkyl carbamates (subject to hydrolysis) is 1. The molecule has 0 bridgehead atoms. The molecule has 5 heteroatoms. The molecule has 0 aliphatic carbocycles. The second-order valence-electron chi connectivity index (χ2n) is 2.85. The fourth-order valence-corrected chi connectivity index (χ4v) is 0.681. The highest BCUT2D eigenvalue weighted by atomic mass is 16.5. The van der Waals surface area contributed by atoms with Crippen molar-refractivity contribution in [3.05, 3.63) is 12.7 Å². The van der Waals surface area contributed by atoms with Crippen LogP contribution in [-0.2, 0) is 9.53 Å². The van der Waals surface area contributed by atoms with Crippen LogP contribution in [0.3, 0.4) is 0 Å². The second-order valence-corrected chi connectivity index (χ2v) is 2.85. The molecule has 0 atom stereocenters. The third-order valence-electron chi connectivity index (χ3n) is 1.44. The van der Waals surface area contributed by atoms with E-state index in [-0.39, 0.29) is 25.5 Å². The van der Waals surface area contributed by atoms with Gasteiger partial charge in [-0.2, -0.15) is 0 Å². The molecular formula is C9H16N2O3. The molecular weight excluding hydrogens is 184 g/mol. The van der Waals surface area contributed by atoms with Gasteiger partial charge in [0.2, 0.25) is 5.91 Å². The first-order chi connectivity index (χ1) is 6.57. The molecule has 0 aliphatic heterocycles. The highest BCUT2D eigenvalue weighted by Crippen LogP contribution is 1.85. The van der Waals surface area contributed by atoms with Crippen LogP contribution in [0.2, 0.25) is 0 Å². The van der Waals surface area contributed by atoms with E-state index in [1.54, 1.807) is 14.1 Å². The molecule has 0 saturated carbocycles. The number of amides is 2. The Labute approximate surface area is 83.7 Å². The molecule has 0 unspecified atom stereocenters. The summed E-state index contributed by atoms with van der Waals surface area (Å²) in [7, 11) is 3.33. The number of carbonyl (C=O) groups excluding carboxylic acids is 2. The van der Waals surface area contributed by atoms with Gasteiger partial charge in [0.05, 0.1) is 0 Å². The maximum atomic E-state index is 11.1. The zero-order valence-electron chi connectivity index (χ0n) is 8.58. The van der Waals surface area contributed by atoms with E-state index in [2.05, 4.69) is 16.6 Å². The van der Waals surface area contributed by atoms with Gasteiger partial charge < -0.3 is 15.0 Å². The summed E-state index contributed by atoms with van der Waals surface area (Å²) >= 11 is 0. The lowest BCUT2D eigenvalue weighted by molar-refractivity contribution is -0.128. The van der Waals surface area contributed by atoms with E-state index in [0.717, 1.165) is 0 Å². The summed E-state index contributed by atoms with van der Waals surface area (Å²) in [6.07, 6.45) is 1.22. The van der Waals surface area contributed by atoms with E-state index in [4.69, 9.17) is 0 Å². The standard InChI is InChI=1S/C9H16N2O3/c1-4-7-14-9(13)10-6-5-8(12)11(2)3/h4H,1,5-7H2,2-3H3,(H,10,13). The highest BCUT2D eigenvalue weighted by molar-refractivity contribution is 5.76. The maximum absolute atomic E-state index is 11.1. The van der Waals surface area contributed by atoms with Gasteiger partial charge in [0.15, 0.2) is 0 Å². The minimum atomic E-state index is -0.531. The van der Waals surface area contributed by atoms with Gasteiger partial charge in [-0.25, -0.2) is 4.79 Å². The van der Waals surface area contributed by atoms with Crippen LogP contribution in [0.4, 0.5) is 4.79 Å². The van der Waals surface area contributed by atoms with Crippen LogP contribution in [0.5, 0.6) is 0 Å². The molecule has 0 aromatic heterocycles. The molecule has 0 rings (SSSR count). The van der Waals surface area contributed by atoms with Gasteiger partial charge in [0.1, 0.15) is 6.61 Å². The van der Waals surface area contributed by atoms with Crippen LogP contribution < -0.4 is 5.32 Å². The molecule has 0 saturated heterocycles. The number of nitrogens with zero attached hydrogens (tertiary/aromatic N) is 1. The zero-order valence-corrected chi connectivity index (χ0v) is 8.58. The monoisotopic (exact) mass is 200 g/mol. The van der Waals surface area contributed by atoms with Crippen LogP contribution in [0.25, 0.3) is 0 Å². The molecule has 5 nitrogen and oxygen atoms in total. The van der Waals surface area contributed by atoms with Crippen molar-refractivity contribution in [1.29, 1.82) is 0 Å². The van der Waals surface area contributed by atoms with E-state index < -0.39 is 6.09 Å². The minimum Gasteiger partial charge on any atom is -0.445 e. The third kappa shape index (κ3) is 6.05. The topological polar surface area (TPSA) is 58.6 Å². The maximum Gasteiger partial charge on any atom is 0.407 e. The Morgan fingerprint density at radius 3 is 2.64 bits per heavy atom. The van der Waals surface area contributed by atoms with Crippen LogP contribution in [-0.4, -0.2) is 44.1 Å². The molecule has 0 heterocycles. The van der Waals surface area contributed by atoms with Crippen molar-refractivity contribution in [2.24, 2.45) is 0 Å². The van der Waals surface area contributed by atoms with Gasteiger partial charge in [-0.05, 0) is 0 Å². The fraction of sp³-hybridized carbons (Fsp3) is 0.556. The Hall–Kier alpha value is -1.52. The summed E-state index contributed by atoms with van der Waals surface area (Å²) in [5, 5.41) is 2.45. The van der Waals surface area contributed by atoms with Gasteiger partial charge in [0.25, 0.3) is 0 Å². The summed E-state index contributed by atoms with van der Waals surface area (Å²) < 4.78 is 4.64. The van der Waals surface area contributed by atoms with Crippen molar-refractivity contribution in [3.8, 4) is 0 Å². The minimum absolute atomic E-state index is 0.0333. The Kier molecular flexibility index (Phi) is 6.19. The van der Waals surface area contributed by atoms with Crippen molar-refractivity contribution >= 4 is 12.0 Å². The molecule has 0 spiro atoms. The first kappa shape index (κ1) is 12.5. The Bertz CT molecular complexity index is 214. The average Bonchev–Trinajstić information content (AvgIpc) is 2.14. The second kappa shape index (κ2) is 6.94. The van der Waals surface area contributed by atoms with E-state index in [9.17, 15) is 9.59 Å². The number of ether oxygens (including phenoxy) is 1. The first-order valence-electron chi connectivity index (χ1n) is 4.29. The summed E-state index contributed by atoms with van der Waals surface area (Å²) in [6.45, 7) is 3.86. The molecule has 0 aliphatic rings. The van der Waals surface area contributed by atoms with Crippen molar-refractivity contribution in [1.82, 2.24) is 10.2 Å². The predicted molar refractivity (Wildman–Crippen MR) is 52.9 cm³/mol. The SMILES string of the molecule is C=CCOC(=O)NCCC(=O)N(C)C. The summed E-state index contributed by atoms with van der Waals surface area (Å²) in [5.74, 6) is -0.0333. The number of nitrogens with one attached hydrogen (secondary N) is 1. The molecule has 1 N–H and O–H groups in total. The Morgan fingerprint density at radius 2 is 2.14 bits per heavy atom. The molecule has 14 heavy (non-hydrogen) atoms. The molecule has 2 amide bonds. The quantitative estimate of drug-likeness (QED) is 0.652. The van der Waals surface area contributed by atoms with E-state index in [1.165, 1.54) is 11.0 Å². The van der Waals surface area contributed by atoms with Gasteiger partial charge in [-0.1, -0.05) is 12.7 Å². The summed E-state index contributed by atoms with van der Waals surface area (Å²) in [4.78, 5) is 23.4. The number of hydrogen-bond donors (Lipinski definition) is 1. The van der Waals surface area contributed by atoms with Crippen molar-refractivity contribution in [2.75, 3.05) is 27.2 Å². The van der Waals surface area contributed by atoms with Crippen LogP contribution in [0.15, 0.2) is 12.7 Å². The number of hydrogen-bond acceptors (Lipinski definition) is 3. The van der Waals surface area contributed by atoms with Crippen molar-refractivity contribution < 1.29 is 14.3 Å².